The Morgan fingerprint density at radius 2 is 2.42 bits per heavy atom. The highest BCUT2D eigenvalue weighted by molar-refractivity contribution is 6.31. The topological polar surface area (TPSA) is 47.6 Å². The second-order valence-electron chi connectivity index (χ2n) is 4.65. The molecule has 104 valence electrons. The van der Waals surface area contributed by atoms with Crippen molar-refractivity contribution in [3.8, 4) is 0 Å². The lowest BCUT2D eigenvalue weighted by Gasteiger charge is -2.23. The van der Waals surface area contributed by atoms with Gasteiger partial charge in [0.25, 0.3) is 0 Å². The molecule has 1 aliphatic heterocycles. The number of ether oxygens (including phenoxy) is 2. The zero-order valence-electron chi connectivity index (χ0n) is 10.9. The number of rotatable bonds is 4. The van der Waals surface area contributed by atoms with E-state index in [0.717, 1.165) is 32.6 Å². The smallest absolute Gasteiger partial charge is 0.339 e. The molecule has 0 bridgehead atoms. The van der Waals surface area contributed by atoms with Crippen molar-refractivity contribution in [1.82, 2.24) is 0 Å². The van der Waals surface area contributed by atoms with Gasteiger partial charge in [-0.2, -0.15) is 0 Å². The van der Waals surface area contributed by atoms with Gasteiger partial charge >= 0.3 is 5.97 Å². The first kappa shape index (κ1) is 14.2. The number of anilines is 1. The summed E-state index contributed by atoms with van der Waals surface area (Å²) in [5.41, 5.74) is 1.22. The standard InChI is InChI=1S/C14H18ClNO3/c1-18-14(17)12-5-4-11(15)7-13(12)16-8-10-3-2-6-19-9-10/h4-5,7,10,16H,2-3,6,8-9H2,1H3. The third-order valence-corrected chi connectivity index (χ3v) is 3.46. The number of esters is 1. The molecule has 1 fully saturated rings. The molecule has 0 spiro atoms. The number of hydrogen-bond donors (Lipinski definition) is 1. The summed E-state index contributed by atoms with van der Waals surface area (Å²) in [4.78, 5) is 11.7. The van der Waals surface area contributed by atoms with Gasteiger partial charge in [-0.15, -0.1) is 0 Å². The Morgan fingerprint density at radius 3 is 3.11 bits per heavy atom. The lowest BCUT2D eigenvalue weighted by atomic mass is 10.0. The number of halogens is 1. The maximum atomic E-state index is 11.7. The fraction of sp³-hybridized carbons (Fsp3) is 0.500. The Morgan fingerprint density at radius 1 is 1.58 bits per heavy atom. The van der Waals surface area contributed by atoms with E-state index in [4.69, 9.17) is 21.1 Å². The molecular weight excluding hydrogens is 266 g/mol. The molecule has 1 atom stereocenters. The molecule has 5 heteroatoms. The van der Waals surface area contributed by atoms with E-state index in [1.807, 2.05) is 0 Å². The molecule has 0 radical (unpaired) electrons. The molecule has 19 heavy (non-hydrogen) atoms. The minimum Gasteiger partial charge on any atom is -0.465 e. The number of benzene rings is 1. The van der Waals surface area contributed by atoms with Crippen molar-refractivity contribution in [1.29, 1.82) is 0 Å². The van der Waals surface area contributed by atoms with Gasteiger partial charge in [0.05, 0.1) is 25.0 Å². The van der Waals surface area contributed by atoms with Gasteiger partial charge in [-0.3, -0.25) is 0 Å². The quantitative estimate of drug-likeness (QED) is 0.863. The van der Waals surface area contributed by atoms with Gasteiger partial charge in [-0.25, -0.2) is 4.79 Å². The van der Waals surface area contributed by atoms with Gasteiger partial charge in [0, 0.05) is 18.2 Å². The van der Waals surface area contributed by atoms with E-state index in [-0.39, 0.29) is 5.97 Å². The van der Waals surface area contributed by atoms with Gasteiger partial charge < -0.3 is 14.8 Å². The molecule has 1 N–H and O–H groups in total. The van der Waals surface area contributed by atoms with Crippen LogP contribution in [0, 0.1) is 5.92 Å². The first-order valence-corrected chi connectivity index (χ1v) is 6.78. The van der Waals surface area contributed by atoms with E-state index in [1.54, 1.807) is 18.2 Å². The molecule has 0 aromatic heterocycles. The van der Waals surface area contributed by atoms with Gasteiger partial charge in [-0.05, 0) is 37.0 Å². The lowest BCUT2D eigenvalue weighted by molar-refractivity contribution is 0.0592. The molecule has 0 saturated carbocycles. The second kappa shape index (κ2) is 6.78. The van der Waals surface area contributed by atoms with Crippen LogP contribution >= 0.6 is 11.6 Å². The van der Waals surface area contributed by atoms with Crippen molar-refractivity contribution >= 4 is 23.3 Å². The molecule has 0 aliphatic carbocycles. The molecule has 2 rings (SSSR count). The number of carbonyl (C=O) groups excluding carboxylic acids is 1. The van der Waals surface area contributed by atoms with E-state index in [2.05, 4.69) is 5.32 Å². The summed E-state index contributed by atoms with van der Waals surface area (Å²) in [6, 6.07) is 5.11. The number of nitrogens with one attached hydrogen (secondary N) is 1. The lowest BCUT2D eigenvalue weighted by Crippen LogP contribution is -2.25. The summed E-state index contributed by atoms with van der Waals surface area (Å²) in [6.45, 7) is 2.38. The second-order valence-corrected chi connectivity index (χ2v) is 5.08. The van der Waals surface area contributed by atoms with Crippen LogP contribution in [0.15, 0.2) is 18.2 Å². The van der Waals surface area contributed by atoms with Crippen LogP contribution in [-0.2, 0) is 9.47 Å². The summed E-state index contributed by atoms with van der Waals surface area (Å²) in [5, 5.41) is 3.87. The van der Waals surface area contributed by atoms with Crippen molar-refractivity contribution in [3.63, 3.8) is 0 Å². The minimum atomic E-state index is -0.362. The molecule has 0 amide bonds. The Balaban J connectivity index is 2.05. The zero-order chi connectivity index (χ0) is 13.7. The highest BCUT2D eigenvalue weighted by Gasteiger charge is 2.16. The molecule has 1 aromatic rings. The first-order valence-electron chi connectivity index (χ1n) is 6.40. The van der Waals surface area contributed by atoms with Crippen LogP contribution in [0.1, 0.15) is 23.2 Å². The van der Waals surface area contributed by atoms with E-state index < -0.39 is 0 Å². The summed E-state index contributed by atoms with van der Waals surface area (Å²) < 4.78 is 10.2. The van der Waals surface area contributed by atoms with Crippen molar-refractivity contribution in [2.45, 2.75) is 12.8 Å². The third-order valence-electron chi connectivity index (χ3n) is 3.22. The highest BCUT2D eigenvalue weighted by atomic mass is 35.5. The van der Waals surface area contributed by atoms with Crippen LogP contribution in [0.25, 0.3) is 0 Å². The molecule has 4 nitrogen and oxygen atoms in total. The highest BCUT2D eigenvalue weighted by Crippen LogP contribution is 2.23. The average Bonchev–Trinajstić information content (AvgIpc) is 2.45. The first-order chi connectivity index (χ1) is 9.20. The van der Waals surface area contributed by atoms with Crippen molar-refractivity contribution in [2.24, 2.45) is 5.92 Å². The summed E-state index contributed by atoms with van der Waals surface area (Å²) >= 11 is 5.97. The molecular formula is C14H18ClNO3. The fourth-order valence-corrected chi connectivity index (χ4v) is 2.35. The Labute approximate surface area is 118 Å². The monoisotopic (exact) mass is 283 g/mol. The van der Waals surface area contributed by atoms with Crippen LogP contribution in [0.4, 0.5) is 5.69 Å². The van der Waals surface area contributed by atoms with Gasteiger partial charge in [-0.1, -0.05) is 11.6 Å². The fourth-order valence-electron chi connectivity index (χ4n) is 2.17. The van der Waals surface area contributed by atoms with Gasteiger partial charge in [0.1, 0.15) is 0 Å². The van der Waals surface area contributed by atoms with Crippen LogP contribution in [0.3, 0.4) is 0 Å². The van der Waals surface area contributed by atoms with Crippen LogP contribution in [-0.4, -0.2) is 32.8 Å². The van der Waals surface area contributed by atoms with E-state index in [1.165, 1.54) is 7.11 Å². The van der Waals surface area contributed by atoms with E-state index in [0.29, 0.717) is 22.2 Å². The summed E-state index contributed by atoms with van der Waals surface area (Å²) in [6.07, 6.45) is 2.23. The van der Waals surface area contributed by atoms with E-state index in [9.17, 15) is 4.79 Å². The minimum absolute atomic E-state index is 0.362. The SMILES string of the molecule is COC(=O)c1ccc(Cl)cc1NCC1CCCOC1. The van der Waals surface area contributed by atoms with Crippen LogP contribution < -0.4 is 5.32 Å². The summed E-state index contributed by atoms with van der Waals surface area (Å²) in [5.74, 6) is 0.109. The Kier molecular flexibility index (Phi) is 5.05. The molecule has 1 saturated heterocycles. The normalized spacial score (nSPS) is 18.9. The maximum absolute atomic E-state index is 11.7. The predicted octanol–water partition coefficient (Wildman–Crippen LogP) is 2.97. The Bertz CT molecular complexity index is 444. The van der Waals surface area contributed by atoms with Crippen LogP contribution in [0.2, 0.25) is 5.02 Å². The number of hydrogen-bond acceptors (Lipinski definition) is 4. The third kappa shape index (κ3) is 3.85. The van der Waals surface area contributed by atoms with E-state index >= 15 is 0 Å². The molecule has 1 heterocycles. The molecule has 1 aromatic carbocycles. The molecule has 1 unspecified atom stereocenters. The number of methoxy groups -OCH3 is 1. The maximum Gasteiger partial charge on any atom is 0.339 e. The van der Waals surface area contributed by atoms with Crippen LogP contribution in [0.5, 0.6) is 0 Å². The zero-order valence-corrected chi connectivity index (χ0v) is 11.7. The Hall–Kier alpha value is -1.26. The van der Waals surface area contributed by atoms with Gasteiger partial charge in [0.2, 0.25) is 0 Å². The molecule has 1 aliphatic rings. The average molecular weight is 284 g/mol. The number of carbonyl (C=O) groups is 1. The largest absolute Gasteiger partial charge is 0.465 e. The van der Waals surface area contributed by atoms with Gasteiger partial charge in [0.15, 0.2) is 0 Å². The summed E-state index contributed by atoms with van der Waals surface area (Å²) in [7, 11) is 1.37. The van der Waals surface area contributed by atoms with Crippen molar-refractivity contribution in [3.05, 3.63) is 28.8 Å². The van der Waals surface area contributed by atoms with Crippen molar-refractivity contribution in [2.75, 3.05) is 32.2 Å². The van der Waals surface area contributed by atoms with Crippen molar-refractivity contribution < 1.29 is 14.3 Å². The predicted molar refractivity (Wildman–Crippen MR) is 74.8 cm³/mol.